The molecule has 144 valence electrons. The van der Waals surface area contributed by atoms with Gasteiger partial charge in [-0.05, 0) is 71.4 Å². The molecular weight excluding hydrogens is 431 g/mol. The molecule has 9 heteroatoms. The van der Waals surface area contributed by atoms with Gasteiger partial charge in [0, 0.05) is 11.8 Å². The highest BCUT2D eigenvalue weighted by Crippen LogP contribution is 2.14. The van der Waals surface area contributed by atoms with E-state index in [1.165, 1.54) is 31.2 Å². The van der Waals surface area contributed by atoms with Gasteiger partial charge in [-0.15, -0.1) is 0 Å². The summed E-state index contributed by atoms with van der Waals surface area (Å²) >= 11 is 3.32. The molecule has 0 aliphatic heterocycles. The molecule has 2 amide bonds. The van der Waals surface area contributed by atoms with Gasteiger partial charge in [0.1, 0.15) is 11.6 Å². The summed E-state index contributed by atoms with van der Waals surface area (Å²) in [4.78, 5) is 24.2. The number of nitrogens with zero attached hydrogens (tertiary/aromatic N) is 2. The molecule has 3 rings (SSSR count). The first kappa shape index (κ1) is 19.6. The van der Waals surface area contributed by atoms with Crippen molar-refractivity contribution in [2.75, 3.05) is 0 Å². The van der Waals surface area contributed by atoms with Crippen molar-refractivity contribution in [3.8, 4) is 11.4 Å². The Bertz CT molecular complexity index is 974. The van der Waals surface area contributed by atoms with Crippen LogP contribution in [0.1, 0.15) is 17.3 Å². The molecule has 2 aromatic carbocycles. The third-order valence-electron chi connectivity index (χ3n) is 3.74. The van der Waals surface area contributed by atoms with Gasteiger partial charge in [0.05, 0.1) is 16.4 Å². The van der Waals surface area contributed by atoms with Gasteiger partial charge >= 0.3 is 0 Å². The van der Waals surface area contributed by atoms with Crippen LogP contribution in [-0.4, -0.2) is 27.7 Å². The molecule has 0 spiro atoms. The minimum absolute atomic E-state index is 0.344. The normalized spacial score (nSPS) is 11.5. The Balaban J connectivity index is 1.52. The fraction of sp³-hybridized carbons (Fsp3) is 0.105. The number of carbonyl (C=O) groups is 2. The van der Waals surface area contributed by atoms with E-state index in [-0.39, 0.29) is 0 Å². The molecule has 28 heavy (non-hydrogen) atoms. The lowest BCUT2D eigenvalue weighted by molar-refractivity contribution is -0.128. The summed E-state index contributed by atoms with van der Waals surface area (Å²) in [7, 11) is 0. The van der Waals surface area contributed by atoms with E-state index in [1.807, 2.05) is 0 Å². The van der Waals surface area contributed by atoms with Crippen molar-refractivity contribution < 1.29 is 18.7 Å². The topological polar surface area (TPSA) is 85.3 Å². The second kappa shape index (κ2) is 8.66. The van der Waals surface area contributed by atoms with Crippen LogP contribution in [-0.2, 0) is 4.79 Å². The predicted molar refractivity (Wildman–Crippen MR) is 103 cm³/mol. The molecule has 0 saturated heterocycles. The molecule has 1 aromatic heterocycles. The van der Waals surface area contributed by atoms with Gasteiger partial charge in [0.15, 0.2) is 6.10 Å². The van der Waals surface area contributed by atoms with Crippen molar-refractivity contribution in [2.45, 2.75) is 13.0 Å². The fourth-order valence-corrected chi connectivity index (χ4v) is 2.56. The van der Waals surface area contributed by atoms with Crippen LogP contribution < -0.4 is 15.6 Å². The first-order chi connectivity index (χ1) is 13.4. The Morgan fingerprint density at radius 3 is 2.39 bits per heavy atom. The standard InChI is InChI=1S/C19H16BrFN4O3/c1-12(28-17-8-4-15(21)5-9-17)18(26)23-24-19(27)13-2-6-16(7-3-13)25-11-14(20)10-22-25/h2-12H,1H3,(H,23,26)(H,24,27). The Morgan fingerprint density at radius 1 is 1.11 bits per heavy atom. The highest BCUT2D eigenvalue weighted by molar-refractivity contribution is 9.10. The van der Waals surface area contributed by atoms with Gasteiger partial charge in [-0.25, -0.2) is 9.07 Å². The van der Waals surface area contributed by atoms with E-state index in [9.17, 15) is 14.0 Å². The minimum Gasteiger partial charge on any atom is -0.481 e. The Kier molecular flexibility index (Phi) is 6.05. The summed E-state index contributed by atoms with van der Waals surface area (Å²) in [6.07, 6.45) is 2.56. The monoisotopic (exact) mass is 446 g/mol. The van der Waals surface area contributed by atoms with E-state index < -0.39 is 23.7 Å². The summed E-state index contributed by atoms with van der Waals surface area (Å²) in [5, 5.41) is 4.16. The summed E-state index contributed by atoms with van der Waals surface area (Å²) in [5.74, 6) is -1.08. The van der Waals surface area contributed by atoms with E-state index in [0.717, 1.165) is 10.2 Å². The molecule has 1 heterocycles. The van der Waals surface area contributed by atoms with Gasteiger partial charge < -0.3 is 4.74 Å². The maximum absolute atomic E-state index is 12.9. The summed E-state index contributed by atoms with van der Waals surface area (Å²) in [6, 6.07) is 12.0. The molecule has 0 radical (unpaired) electrons. The lowest BCUT2D eigenvalue weighted by atomic mass is 10.2. The quantitative estimate of drug-likeness (QED) is 0.589. The number of halogens is 2. The van der Waals surface area contributed by atoms with E-state index in [4.69, 9.17) is 4.74 Å². The molecule has 0 bridgehead atoms. The second-order valence-electron chi connectivity index (χ2n) is 5.81. The van der Waals surface area contributed by atoms with Crippen molar-refractivity contribution in [2.24, 2.45) is 0 Å². The number of rotatable bonds is 5. The molecule has 0 aliphatic carbocycles. The SMILES string of the molecule is CC(Oc1ccc(F)cc1)C(=O)NNC(=O)c1ccc(-n2cc(Br)cn2)cc1. The van der Waals surface area contributed by atoms with Crippen LogP contribution in [0.5, 0.6) is 5.75 Å². The maximum atomic E-state index is 12.9. The smallest absolute Gasteiger partial charge is 0.279 e. The Hall–Kier alpha value is -3.20. The number of carbonyl (C=O) groups excluding carboxylic acids is 2. The number of hydrogen-bond donors (Lipinski definition) is 2. The number of benzene rings is 2. The molecule has 3 aromatic rings. The van der Waals surface area contributed by atoms with E-state index in [0.29, 0.717) is 11.3 Å². The van der Waals surface area contributed by atoms with Crippen LogP contribution in [0.2, 0.25) is 0 Å². The van der Waals surface area contributed by atoms with Crippen LogP contribution >= 0.6 is 15.9 Å². The molecule has 1 unspecified atom stereocenters. The lowest BCUT2D eigenvalue weighted by Gasteiger charge is -2.15. The molecule has 0 aliphatic rings. The third-order valence-corrected chi connectivity index (χ3v) is 4.15. The van der Waals surface area contributed by atoms with E-state index in [1.54, 1.807) is 41.3 Å². The van der Waals surface area contributed by atoms with Crippen molar-refractivity contribution in [1.82, 2.24) is 20.6 Å². The van der Waals surface area contributed by atoms with E-state index in [2.05, 4.69) is 31.9 Å². The summed E-state index contributed by atoms with van der Waals surface area (Å²) in [6.45, 7) is 1.52. The van der Waals surface area contributed by atoms with Crippen molar-refractivity contribution >= 4 is 27.7 Å². The van der Waals surface area contributed by atoms with Crippen LogP contribution in [0.15, 0.2) is 65.4 Å². The van der Waals surface area contributed by atoms with Gasteiger partial charge in [0.2, 0.25) is 0 Å². The third kappa shape index (κ3) is 4.95. The highest BCUT2D eigenvalue weighted by atomic mass is 79.9. The molecule has 1 atom stereocenters. The average molecular weight is 447 g/mol. The maximum Gasteiger partial charge on any atom is 0.279 e. The lowest BCUT2D eigenvalue weighted by Crippen LogP contribution is -2.47. The second-order valence-corrected chi connectivity index (χ2v) is 6.72. The predicted octanol–water partition coefficient (Wildman–Crippen LogP) is 3.00. The van der Waals surface area contributed by atoms with Crippen LogP contribution in [0.4, 0.5) is 4.39 Å². The first-order valence-electron chi connectivity index (χ1n) is 8.25. The van der Waals surface area contributed by atoms with Gasteiger partial charge in [-0.2, -0.15) is 5.10 Å². The largest absolute Gasteiger partial charge is 0.481 e. The zero-order chi connectivity index (χ0) is 20.1. The van der Waals surface area contributed by atoms with Crippen LogP contribution in [0.3, 0.4) is 0 Å². The number of aromatic nitrogens is 2. The highest BCUT2D eigenvalue weighted by Gasteiger charge is 2.16. The Morgan fingerprint density at radius 2 is 1.79 bits per heavy atom. The zero-order valence-corrected chi connectivity index (χ0v) is 16.3. The molecule has 2 N–H and O–H groups in total. The fourth-order valence-electron chi connectivity index (χ4n) is 2.27. The number of nitrogens with one attached hydrogen (secondary N) is 2. The van der Waals surface area contributed by atoms with E-state index >= 15 is 0 Å². The zero-order valence-electron chi connectivity index (χ0n) is 14.7. The number of ether oxygens (including phenoxy) is 1. The number of amides is 2. The Labute approximate surface area is 168 Å². The minimum atomic E-state index is -0.883. The summed E-state index contributed by atoms with van der Waals surface area (Å²) in [5.41, 5.74) is 5.78. The van der Waals surface area contributed by atoms with Crippen LogP contribution in [0, 0.1) is 5.82 Å². The van der Waals surface area contributed by atoms with Gasteiger partial charge in [0.25, 0.3) is 11.8 Å². The molecule has 0 fully saturated rings. The number of hydrazine groups is 1. The van der Waals surface area contributed by atoms with Crippen molar-refractivity contribution in [3.63, 3.8) is 0 Å². The molecular formula is C19H16BrFN4O3. The molecule has 0 saturated carbocycles. The van der Waals surface area contributed by atoms with Gasteiger partial charge in [-0.3, -0.25) is 20.4 Å². The average Bonchev–Trinajstić information content (AvgIpc) is 3.14. The van der Waals surface area contributed by atoms with Gasteiger partial charge in [-0.1, -0.05) is 0 Å². The number of hydrogen-bond acceptors (Lipinski definition) is 4. The van der Waals surface area contributed by atoms with Crippen molar-refractivity contribution in [1.29, 1.82) is 0 Å². The first-order valence-corrected chi connectivity index (χ1v) is 9.05. The van der Waals surface area contributed by atoms with Crippen molar-refractivity contribution in [3.05, 3.63) is 76.8 Å². The molecule has 7 nitrogen and oxygen atoms in total. The van der Waals surface area contributed by atoms with Crippen LogP contribution in [0.25, 0.3) is 5.69 Å². The summed E-state index contributed by atoms with van der Waals surface area (Å²) < 4.78 is 20.8.